The Bertz CT molecular complexity index is 669. The van der Waals surface area contributed by atoms with E-state index in [0.29, 0.717) is 0 Å². The average molecular weight is 318 g/mol. The average Bonchev–Trinajstić information content (AvgIpc) is 2.37. The third kappa shape index (κ3) is 3.00. The molecule has 0 saturated carbocycles. The van der Waals surface area contributed by atoms with Crippen molar-refractivity contribution in [2.45, 2.75) is 0 Å². The molecule has 0 aliphatic carbocycles. The van der Waals surface area contributed by atoms with Crippen LogP contribution >= 0.6 is 23.2 Å². The Balaban J connectivity index is 2.61. The van der Waals surface area contributed by atoms with E-state index in [2.05, 4.69) is 0 Å². The molecule has 0 aliphatic heterocycles. The van der Waals surface area contributed by atoms with E-state index in [1.165, 1.54) is 18.2 Å². The van der Waals surface area contributed by atoms with E-state index in [9.17, 15) is 13.6 Å². The first kappa shape index (κ1) is 14.6. The maximum absolute atomic E-state index is 13.4. The van der Waals surface area contributed by atoms with E-state index in [1.807, 2.05) is 0 Å². The van der Waals surface area contributed by atoms with Crippen LogP contribution in [0.3, 0.4) is 0 Å². The first-order chi connectivity index (χ1) is 9.38. The Kier molecular flexibility index (Phi) is 4.11. The second-order valence-corrected chi connectivity index (χ2v) is 4.63. The van der Waals surface area contributed by atoms with Gasteiger partial charge >= 0.3 is 6.09 Å². The van der Waals surface area contributed by atoms with Gasteiger partial charge in [0.15, 0.2) is 5.82 Å². The van der Waals surface area contributed by atoms with Crippen molar-refractivity contribution in [2.24, 2.45) is 5.73 Å². The highest BCUT2D eigenvalue weighted by Crippen LogP contribution is 2.35. The normalized spacial score (nSPS) is 10.4. The van der Waals surface area contributed by atoms with Crippen molar-refractivity contribution in [1.29, 1.82) is 0 Å². The molecule has 2 aromatic carbocycles. The fraction of sp³-hybridized carbons (Fsp3) is 0. The number of hydrogen-bond acceptors (Lipinski definition) is 2. The molecule has 1 amide bonds. The third-order valence-corrected chi connectivity index (χ3v) is 3.00. The van der Waals surface area contributed by atoms with Crippen LogP contribution in [0, 0.1) is 11.6 Å². The van der Waals surface area contributed by atoms with Crippen LogP contribution in [0.25, 0.3) is 11.1 Å². The number of carbonyl (C=O) groups is 1. The van der Waals surface area contributed by atoms with E-state index in [4.69, 9.17) is 33.7 Å². The van der Waals surface area contributed by atoms with Crippen molar-refractivity contribution in [1.82, 2.24) is 0 Å². The van der Waals surface area contributed by atoms with Crippen LogP contribution in [-0.2, 0) is 0 Å². The first-order valence-electron chi connectivity index (χ1n) is 5.30. The standard InChI is InChI=1S/C13H7Cl2F2NO2/c14-9-3-6(4-10(15)12(9)17)8-5-7(16)1-2-11(8)20-13(18)19/h1-5H,(H2,18,19). The summed E-state index contributed by atoms with van der Waals surface area (Å²) in [5, 5.41) is -0.469. The van der Waals surface area contributed by atoms with E-state index >= 15 is 0 Å². The van der Waals surface area contributed by atoms with E-state index in [1.54, 1.807) is 0 Å². The van der Waals surface area contributed by atoms with Crippen LogP contribution < -0.4 is 10.5 Å². The zero-order chi connectivity index (χ0) is 14.9. The Morgan fingerprint density at radius 3 is 2.25 bits per heavy atom. The summed E-state index contributed by atoms with van der Waals surface area (Å²) in [4.78, 5) is 10.8. The van der Waals surface area contributed by atoms with Gasteiger partial charge in [0.05, 0.1) is 10.0 Å². The SMILES string of the molecule is NC(=O)Oc1ccc(F)cc1-c1cc(Cl)c(F)c(Cl)c1. The van der Waals surface area contributed by atoms with Crippen molar-refractivity contribution in [2.75, 3.05) is 0 Å². The lowest BCUT2D eigenvalue weighted by atomic mass is 10.0. The molecule has 0 unspecified atom stereocenters. The highest BCUT2D eigenvalue weighted by molar-refractivity contribution is 6.35. The minimum atomic E-state index is -1.06. The smallest absolute Gasteiger partial charge is 0.409 e. The molecule has 0 heterocycles. The highest BCUT2D eigenvalue weighted by Gasteiger charge is 2.14. The van der Waals surface area contributed by atoms with E-state index in [0.717, 1.165) is 12.1 Å². The molecule has 20 heavy (non-hydrogen) atoms. The molecule has 104 valence electrons. The lowest BCUT2D eigenvalue weighted by molar-refractivity contribution is 0.211. The van der Waals surface area contributed by atoms with Gasteiger partial charge in [0.2, 0.25) is 0 Å². The lowest BCUT2D eigenvalue weighted by Gasteiger charge is -2.10. The zero-order valence-electron chi connectivity index (χ0n) is 9.79. The third-order valence-electron chi connectivity index (χ3n) is 2.45. The Morgan fingerprint density at radius 1 is 1.10 bits per heavy atom. The first-order valence-corrected chi connectivity index (χ1v) is 6.06. The molecular formula is C13H7Cl2F2NO2. The van der Waals surface area contributed by atoms with Crippen molar-refractivity contribution in [3.05, 3.63) is 52.0 Å². The van der Waals surface area contributed by atoms with E-state index < -0.39 is 17.7 Å². The van der Waals surface area contributed by atoms with E-state index in [-0.39, 0.29) is 26.9 Å². The van der Waals surface area contributed by atoms with Gasteiger partial charge in [-0.3, -0.25) is 0 Å². The quantitative estimate of drug-likeness (QED) is 0.835. The summed E-state index contributed by atoms with van der Waals surface area (Å²) in [7, 11) is 0. The van der Waals surface area contributed by atoms with Gasteiger partial charge < -0.3 is 10.5 Å². The number of benzene rings is 2. The van der Waals surface area contributed by atoms with Crippen molar-refractivity contribution in [3.8, 4) is 16.9 Å². The van der Waals surface area contributed by atoms with Crippen molar-refractivity contribution >= 4 is 29.3 Å². The molecule has 0 spiro atoms. The molecular weight excluding hydrogens is 311 g/mol. The molecule has 7 heteroatoms. The minimum absolute atomic E-state index is 0.0117. The predicted molar refractivity (Wildman–Crippen MR) is 72.0 cm³/mol. The summed E-state index contributed by atoms with van der Waals surface area (Å²) in [5.74, 6) is -1.35. The summed E-state index contributed by atoms with van der Waals surface area (Å²) in [6.45, 7) is 0. The Morgan fingerprint density at radius 2 is 1.70 bits per heavy atom. The second kappa shape index (κ2) is 5.64. The number of carbonyl (C=O) groups excluding carboxylic acids is 1. The molecule has 3 nitrogen and oxygen atoms in total. The topological polar surface area (TPSA) is 52.3 Å². The van der Waals surface area contributed by atoms with Gasteiger partial charge in [-0.1, -0.05) is 23.2 Å². The number of primary amides is 1. The van der Waals surface area contributed by atoms with Crippen LogP contribution in [0.1, 0.15) is 0 Å². The monoisotopic (exact) mass is 317 g/mol. The van der Waals surface area contributed by atoms with Gasteiger partial charge in [-0.2, -0.15) is 0 Å². The summed E-state index contributed by atoms with van der Waals surface area (Å²) in [5.41, 5.74) is 5.39. The molecule has 0 aromatic heterocycles. The second-order valence-electron chi connectivity index (χ2n) is 3.82. The number of hydrogen-bond donors (Lipinski definition) is 1. The summed E-state index contributed by atoms with van der Waals surface area (Å²) in [6.07, 6.45) is -1.06. The fourth-order valence-corrected chi connectivity index (χ4v) is 2.12. The molecule has 2 N–H and O–H groups in total. The molecule has 0 atom stereocenters. The molecule has 0 radical (unpaired) electrons. The number of halogens is 4. The maximum atomic E-state index is 13.4. The summed E-state index contributed by atoms with van der Waals surface area (Å²) < 4.78 is 31.5. The van der Waals surface area contributed by atoms with Crippen LogP contribution in [0.2, 0.25) is 10.0 Å². The van der Waals surface area contributed by atoms with Gasteiger partial charge in [-0.15, -0.1) is 0 Å². The van der Waals surface area contributed by atoms with Gasteiger partial charge in [0, 0.05) is 5.56 Å². The zero-order valence-corrected chi connectivity index (χ0v) is 11.3. The fourth-order valence-electron chi connectivity index (χ4n) is 1.64. The van der Waals surface area contributed by atoms with Gasteiger partial charge in [0.25, 0.3) is 0 Å². The molecule has 0 saturated heterocycles. The molecule has 2 rings (SSSR count). The van der Waals surface area contributed by atoms with Gasteiger partial charge in [0.1, 0.15) is 11.6 Å². The number of nitrogens with two attached hydrogens (primary N) is 1. The largest absolute Gasteiger partial charge is 0.410 e. The van der Waals surface area contributed by atoms with Crippen molar-refractivity contribution < 1.29 is 18.3 Å². The van der Waals surface area contributed by atoms with Gasteiger partial charge in [-0.05, 0) is 35.9 Å². The number of rotatable bonds is 2. The Labute approximate surface area is 122 Å². The van der Waals surface area contributed by atoms with Crippen LogP contribution in [0.5, 0.6) is 5.75 Å². The van der Waals surface area contributed by atoms with Crippen LogP contribution in [-0.4, -0.2) is 6.09 Å². The number of amides is 1. The molecule has 0 bridgehead atoms. The molecule has 0 aliphatic rings. The maximum Gasteiger partial charge on any atom is 0.409 e. The summed E-state index contributed by atoms with van der Waals surface area (Å²) in [6, 6.07) is 5.89. The molecule has 2 aromatic rings. The van der Waals surface area contributed by atoms with Crippen LogP contribution in [0.15, 0.2) is 30.3 Å². The highest BCUT2D eigenvalue weighted by atomic mass is 35.5. The van der Waals surface area contributed by atoms with Crippen LogP contribution in [0.4, 0.5) is 13.6 Å². The predicted octanol–water partition coefficient (Wildman–Crippen LogP) is 4.40. The van der Waals surface area contributed by atoms with Crippen molar-refractivity contribution in [3.63, 3.8) is 0 Å². The number of ether oxygens (including phenoxy) is 1. The Hall–Kier alpha value is -1.85. The van der Waals surface area contributed by atoms with Gasteiger partial charge in [-0.25, -0.2) is 13.6 Å². The summed E-state index contributed by atoms with van der Waals surface area (Å²) >= 11 is 11.4. The lowest BCUT2D eigenvalue weighted by Crippen LogP contribution is -2.16. The minimum Gasteiger partial charge on any atom is -0.410 e. The molecule has 0 fully saturated rings.